The van der Waals surface area contributed by atoms with Crippen LogP contribution in [-0.4, -0.2) is 18.2 Å². The van der Waals surface area contributed by atoms with Crippen LogP contribution in [0, 0.1) is 0 Å². The lowest BCUT2D eigenvalue weighted by molar-refractivity contribution is -0.138. The van der Waals surface area contributed by atoms with Crippen molar-refractivity contribution in [1.29, 1.82) is 0 Å². The lowest BCUT2D eigenvalue weighted by Gasteiger charge is -2.17. The zero-order chi connectivity index (χ0) is 15.2. The molecule has 0 aliphatic rings. The molecule has 110 valence electrons. The molecule has 0 saturated heterocycles. The van der Waals surface area contributed by atoms with Gasteiger partial charge in [0.15, 0.2) is 11.5 Å². The van der Waals surface area contributed by atoms with Crippen molar-refractivity contribution < 1.29 is 19.4 Å². The minimum Gasteiger partial charge on any atom is -0.493 e. The fourth-order valence-electron chi connectivity index (χ4n) is 2.05. The number of ether oxygens (including phenoxy) is 2. The van der Waals surface area contributed by atoms with Gasteiger partial charge in [0.2, 0.25) is 0 Å². The van der Waals surface area contributed by atoms with E-state index in [9.17, 15) is 9.90 Å². The number of rotatable bonds is 6. The number of hydrogen-bond donors (Lipinski definition) is 1. The van der Waals surface area contributed by atoms with Crippen LogP contribution in [0.4, 0.5) is 0 Å². The van der Waals surface area contributed by atoms with Crippen LogP contribution in [0.1, 0.15) is 24.0 Å². The van der Waals surface area contributed by atoms with E-state index in [0.29, 0.717) is 23.7 Å². The van der Waals surface area contributed by atoms with Crippen molar-refractivity contribution in [2.75, 3.05) is 7.11 Å². The minimum atomic E-state index is -0.896. The van der Waals surface area contributed by atoms with Gasteiger partial charge in [-0.25, -0.2) is 0 Å². The van der Waals surface area contributed by atoms with Gasteiger partial charge in [-0.2, -0.15) is 0 Å². The third kappa shape index (κ3) is 3.54. The van der Waals surface area contributed by atoms with Crippen molar-refractivity contribution in [3.05, 3.63) is 59.7 Å². The first-order valence-corrected chi connectivity index (χ1v) is 6.70. The zero-order valence-corrected chi connectivity index (χ0v) is 12.1. The summed E-state index contributed by atoms with van der Waals surface area (Å²) in [5.74, 6) is -0.533. The maximum absolute atomic E-state index is 11.2. The third-order valence-electron chi connectivity index (χ3n) is 3.29. The van der Waals surface area contributed by atoms with Gasteiger partial charge in [0.1, 0.15) is 6.61 Å². The summed E-state index contributed by atoms with van der Waals surface area (Å²) in [5.41, 5.74) is 1.62. The van der Waals surface area contributed by atoms with E-state index in [1.165, 1.54) is 0 Å². The fraction of sp³-hybridized carbons (Fsp3) is 0.235. The Bertz CT molecular complexity index is 607. The quantitative estimate of drug-likeness (QED) is 0.883. The van der Waals surface area contributed by atoms with E-state index in [1.807, 2.05) is 30.3 Å². The molecule has 0 bridgehead atoms. The standard InChI is InChI=1S/C17H18O4/c1-12(17(18)19)14-9-6-10-15(20-2)16(14)21-11-13-7-4-3-5-8-13/h3-10,12H,11H2,1-2H3,(H,18,19). The van der Waals surface area contributed by atoms with Crippen LogP contribution in [0.15, 0.2) is 48.5 Å². The molecule has 0 saturated carbocycles. The lowest BCUT2D eigenvalue weighted by Crippen LogP contribution is -2.10. The van der Waals surface area contributed by atoms with Crippen molar-refractivity contribution in [3.63, 3.8) is 0 Å². The highest BCUT2D eigenvalue weighted by molar-refractivity contribution is 5.77. The number of benzene rings is 2. The van der Waals surface area contributed by atoms with Crippen LogP contribution < -0.4 is 9.47 Å². The molecule has 1 atom stereocenters. The summed E-state index contributed by atoms with van der Waals surface area (Å²) in [7, 11) is 1.54. The van der Waals surface area contributed by atoms with Crippen LogP contribution in [0.3, 0.4) is 0 Å². The molecule has 0 spiro atoms. The van der Waals surface area contributed by atoms with Gasteiger partial charge in [-0.15, -0.1) is 0 Å². The van der Waals surface area contributed by atoms with Crippen molar-refractivity contribution in [3.8, 4) is 11.5 Å². The Kier molecular flexibility index (Phi) is 4.82. The molecule has 0 aliphatic carbocycles. The second-order valence-corrected chi connectivity index (χ2v) is 4.71. The Hall–Kier alpha value is -2.49. The molecule has 21 heavy (non-hydrogen) atoms. The van der Waals surface area contributed by atoms with Crippen LogP contribution >= 0.6 is 0 Å². The highest BCUT2D eigenvalue weighted by Crippen LogP contribution is 2.36. The van der Waals surface area contributed by atoms with E-state index in [2.05, 4.69) is 0 Å². The largest absolute Gasteiger partial charge is 0.493 e. The summed E-state index contributed by atoms with van der Waals surface area (Å²) in [6.45, 7) is 1.99. The highest BCUT2D eigenvalue weighted by atomic mass is 16.5. The van der Waals surface area contributed by atoms with Crippen LogP contribution in [0.25, 0.3) is 0 Å². The Morgan fingerprint density at radius 2 is 1.86 bits per heavy atom. The molecule has 2 aromatic carbocycles. The topological polar surface area (TPSA) is 55.8 Å². The number of aliphatic carboxylic acids is 1. The number of carbonyl (C=O) groups is 1. The summed E-state index contributed by atoms with van der Waals surface area (Å²) in [4.78, 5) is 11.2. The van der Waals surface area contributed by atoms with E-state index in [4.69, 9.17) is 9.47 Å². The smallest absolute Gasteiger partial charge is 0.310 e. The Balaban J connectivity index is 2.29. The number of methoxy groups -OCH3 is 1. The summed E-state index contributed by atoms with van der Waals surface area (Å²) in [5, 5.41) is 9.21. The molecule has 1 unspecified atom stereocenters. The van der Waals surface area contributed by atoms with Gasteiger partial charge in [0, 0.05) is 5.56 Å². The maximum atomic E-state index is 11.2. The van der Waals surface area contributed by atoms with Crippen LogP contribution in [0.2, 0.25) is 0 Å². The predicted octanol–water partition coefficient (Wildman–Crippen LogP) is 3.46. The molecule has 0 aromatic heterocycles. The zero-order valence-electron chi connectivity index (χ0n) is 12.1. The Morgan fingerprint density at radius 3 is 2.48 bits per heavy atom. The summed E-state index contributed by atoms with van der Waals surface area (Å²) >= 11 is 0. The normalized spacial score (nSPS) is 11.7. The van der Waals surface area contributed by atoms with E-state index in [1.54, 1.807) is 32.2 Å². The first-order valence-electron chi connectivity index (χ1n) is 6.70. The molecule has 2 rings (SSSR count). The molecule has 1 N–H and O–H groups in total. The third-order valence-corrected chi connectivity index (χ3v) is 3.29. The Labute approximate surface area is 123 Å². The average molecular weight is 286 g/mol. The van der Waals surface area contributed by atoms with E-state index in [0.717, 1.165) is 5.56 Å². The molecular weight excluding hydrogens is 268 g/mol. The Morgan fingerprint density at radius 1 is 1.14 bits per heavy atom. The van der Waals surface area contributed by atoms with Gasteiger partial charge < -0.3 is 14.6 Å². The summed E-state index contributed by atoms with van der Waals surface area (Å²) < 4.78 is 11.1. The van der Waals surface area contributed by atoms with Crippen molar-refractivity contribution in [2.45, 2.75) is 19.4 Å². The molecular formula is C17H18O4. The molecule has 4 heteroatoms. The van der Waals surface area contributed by atoms with Gasteiger partial charge >= 0.3 is 5.97 Å². The predicted molar refractivity (Wildman–Crippen MR) is 79.8 cm³/mol. The molecule has 4 nitrogen and oxygen atoms in total. The molecule has 0 aliphatic heterocycles. The average Bonchev–Trinajstić information content (AvgIpc) is 2.52. The number of carboxylic acid groups (broad SMARTS) is 1. The second-order valence-electron chi connectivity index (χ2n) is 4.71. The van der Waals surface area contributed by atoms with Gasteiger partial charge in [0.25, 0.3) is 0 Å². The lowest BCUT2D eigenvalue weighted by atomic mass is 10.00. The van der Waals surface area contributed by atoms with Crippen LogP contribution in [-0.2, 0) is 11.4 Å². The molecule has 2 aromatic rings. The first kappa shape index (κ1) is 14.9. The highest BCUT2D eigenvalue weighted by Gasteiger charge is 2.21. The SMILES string of the molecule is COc1cccc(C(C)C(=O)O)c1OCc1ccccc1. The van der Waals surface area contributed by atoms with Gasteiger partial charge in [-0.05, 0) is 18.6 Å². The second kappa shape index (κ2) is 6.79. The van der Waals surface area contributed by atoms with Crippen molar-refractivity contribution >= 4 is 5.97 Å². The van der Waals surface area contributed by atoms with Gasteiger partial charge in [-0.3, -0.25) is 4.79 Å². The van der Waals surface area contributed by atoms with Gasteiger partial charge in [0.05, 0.1) is 13.0 Å². The minimum absolute atomic E-state index is 0.362. The first-order chi connectivity index (χ1) is 10.1. The molecule has 0 amide bonds. The molecule has 0 heterocycles. The number of hydrogen-bond acceptors (Lipinski definition) is 3. The number of para-hydroxylation sites is 1. The van der Waals surface area contributed by atoms with Crippen molar-refractivity contribution in [1.82, 2.24) is 0 Å². The molecule has 0 fully saturated rings. The maximum Gasteiger partial charge on any atom is 0.310 e. The number of carboxylic acids is 1. The van der Waals surface area contributed by atoms with E-state index >= 15 is 0 Å². The summed E-state index contributed by atoms with van der Waals surface area (Å²) in [6, 6.07) is 15.0. The fourth-order valence-corrected chi connectivity index (χ4v) is 2.05. The van der Waals surface area contributed by atoms with Gasteiger partial charge in [-0.1, -0.05) is 42.5 Å². The van der Waals surface area contributed by atoms with E-state index < -0.39 is 11.9 Å². The summed E-state index contributed by atoms with van der Waals surface area (Å²) in [6.07, 6.45) is 0. The monoisotopic (exact) mass is 286 g/mol. The van der Waals surface area contributed by atoms with E-state index in [-0.39, 0.29) is 0 Å². The van der Waals surface area contributed by atoms with Crippen molar-refractivity contribution in [2.24, 2.45) is 0 Å². The van der Waals surface area contributed by atoms with Crippen LogP contribution in [0.5, 0.6) is 11.5 Å². The molecule has 0 radical (unpaired) electrons.